The van der Waals surface area contributed by atoms with Crippen molar-refractivity contribution in [2.75, 3.05) is 10.6 Å². The Kier molecular flexibility index (Phi) is 4.99. The van der Waals surface area contributed by atoms with Gasteiger partial charge in [-0.1, -0.05) is 29.8 Å². The Morgan fingerprint density at radius 3 is 2.32 bits per heavy atom. The zero-order chi connectivity index (χ0) is 17.6. The molecule has 6 heteroatoms. The van der Waals surface area contributed by atoms with Crippen molar-refractivity contribution in [1.82, 2.24) is 10.2 Å². The highest BCUT2D eigenvalue weighted by Crippen LogP contribution is 2.11. The summed E-state index contributed by atoms with van der Waals surface area (Å²) in [4.78, 5) is 12.2. The molecule has 1 heterocycles. The minimum atomic E-state index is -0.318. The molecule has 0 bridgehead atoms. The number of nitrogens with zero attached hydrogens (tertiary/aromatic N) is 2. The molecule has 0 fully saturated rings. The van der Waals surface area contributed by atoms with Gasteiger partial charge in [0.05, 0.1) is 0 Å². The summed E-state index contributed by atoms with van der Waals surface area (Å²) in [6, 6.07) is 17.0. The number of carbonyl (C=O) groups excluding carboxylic acids is 1. The van der Waals surface area contributed by atoms with Crippen LogP contribution in [0.2, 0.25) is 0 Å². The number of aryl methyl sites for hydroxylation is 1. The van der Waals surface area contributed by atoms with Gasteiger partial charge < -0.3 is 10.6 Å². The first kappa shape index (κ1) is 16.6. The lowest BCUT2D eigenvalue weighted by molar-refractivity contribution is 0.102. The third-order valence-corrected chi connectivity index (χ3v) is 3.59. The number of halogens is 1. The van der Waals surface area contributed by atoms with Crippen LogP contribution in [0.25, 0.3) is 0 Å². The monoisotopic (exact) mass is 336 g/mol. The van der Waals surface area contributed by atoms with Gasteiger partial charge >= 0.3 is 0 Å². The number of hydrogen-bond acceptors (Lipinski definition) is 4. The minimum Gasteiger partial charge on any atom is -0.365 e. The zero-order valence-electron chi connectivity index (χ0n) is 13.7. The Hall–Kier alpha value is -3.28. The predicted molar refractivity (Wildman–Crippen MR) is 94.9 cm³/mol. The van der Waals surface area contributed by atoms with Crippen LogP contribution in [0, 0.1) is 12.7 Å². The van der Waals surface area contributed by atoms with Crippen LogP contribution in [0.4, 0.5) is 15.9 Å². The lowest BCUT2D eigenvalue weighted by Gasteiger charge is -2.07. The summed E-state index contributed by atoms with van der Waals surface area (Å²) >= 11 is 0. The Bertz CT molecular complexity index is 846. The quantitative estimate of drug-likeness (QED) is 0.744. The van der Waals surface area contributed by atoms with E-state index in [4.69, 9.17) is 0 Å². The Labute approximate surface area is 144 Å². The molecule has 0 saturated heterocycles. The molecule has 5 nitrogen and oxygen atoms in total. The molecular formula is C19H17FN4O. The Balaban J connectivity index is 1.58. The van der Waals surface area contributed by atoms with Crippen molar-refractivity contribution in [2.45, 2.75) is 13.5 Å². The van der Waals surface area contributed by atoms with E-state index in [0.717, 1.165) is 11.1 Å². The lowest BCUT2D eigenvalue weighted by atomic mass is 10.2. The standard InChI is InChI=1S/C19H17FN4O/c1-13-2-8-16(9-3-13)22-19(25)17-10-11-18(24-23-17)21-12-14-4-6-15(20)7-5-14/h2-11H,12H2,1H3,(H,21,24)(H,22,25). The van der Waals surface area contributed by atoms with E-state index in [1.165, 1.54) is 12.1 Å². The first-order valence-corrected chi connectivity index (χ1v) is 7.80. The van der Waals surface area contributed by atoms with Gasteiger partial charge in [-0.05, 0) is 48.9 Å². The van der Waals surface area contributed by atoms with Crippen molar-refractivity contribution < 1.29 is 9.18 Å². The molecule has 0 atom stereocenters. The van der Waals surface area contributed by atoms with E-state index in [1.807, 2.05) is 31.2 Å². The van der Waals surface area contributed by atoms with Crippen LogP contribution in [0.15, 0.2) is 60.7 Å². The van der Waals surface area contributed by atoms with Crippen molar-refractivity contribution in [1.29, 1.82) is 0 Å². The zero-order valence-corrected chi connectivity index (χ0v) is 13.7. The molecule has 2 N–H and O–H groups in total. The second-order valence-corrected chi connectivity index (χ2v) is 5.60. The second kappa shape index (κ2) is 7.53. The Morgan fingerprint density at radius 2 is 1.68 bits per heavy atom. The van der Waals surface area contributed by atoms with E-state index in [-0.39, 0.29) is 17.4 Å². The topological polar surface area (TPSA) is 66.9 Å². The number of hydrogen-bond donors (Lipinski definition) is 2. The molecule has 25 heavy (non-hydrogen) atoms. The van der Waals surface area contributed by atoms with Crippen molar-refractivity contribution in [3.8, 4) is 0 Å². The maximum atomic E-state index is 12.9. The van der Waals surface area contributed by atoms with Gasteiger partial charge in [0.15, 0.2) is 5.69 Å². The smallest absolute Gasteiger partial charge is 0.276 e. The second-order valence-electron chi connectivity index (χ2n) is 5.60. The summed E-state index contributed by atoms with van der Waals surface area (Å²) in [5.41, 5.74) is 2.97. The first-order valence-electron chi connectivity index (χ1n) is 7.80. The fourth-order valence-corrected chi connectivity index (χ4v) is 2.17. The molecule has 1 aromatic heterocycles. The van der Waals surface area contributed by atoms with Crippen molar-refractivity contribution in [2.24, 2.45) is 0 Å². The van der Waals surface area contributed by atoms with Gasteiger partial charge in [-0.2, -0.15) is 0 Å². The van der Waals surface area contributed by atoms with Crippen molar-refractivity contribution in [3.63, 3.8) is 0 Å². The fraction of sp³-hybridized carbons (Fsp3) is 0.105. The molecular weight excluding hydrogens is 319 g/mol. The Morgan fingerprint density at radius 1 is 0.960 bits per heavy atom. The summed E-state index contributed by atoms with van der Waals surface area (Å²) in [6.07, 6.45) is 0. The van der Waals surface area contributed by atoms with Crippen LogP contribution in [0.5, 0.6) is 0 Å². The van der Waals surface area contributed by atoms with E-state index in [1.54, 1.807) is 24.3 Å². The third kappa shape index (κ3) is 4.60. The fourth-order valence-electron chi connectivity index (χ4n) is 2.17. The van der Waals surface area contributed by atoms with Gasteiger partial charge in [-0.15, -0.1) is 10.2 Å². The molecule has 0 unspecified atom stereocenters. The van der Waals surface area contributed by atoms with E-state index in [2.05, 4.69) is 20.8 Å². The first-order chi connectivity index (χ1) is 12.1. The van der Waals surface area contributed by atoms with E-state index >= 15 is 0 Å². The summed E-state index contributed by atoms with van der Waals surface area (Å²) in [6.45, 7) is 2.47. The molecule has 0 spiro atoms. The highest BCUT2D eigenvalue weighted by molar-refractivity contribution is 6.02. The minimum absolute atomic E-state index is 0.230. The highest BCUT2D eigenvalue weighted by atomic mass is 19.1. The highest BCUT2D eigenvalue weighted by Gasteiger charge is 2.08. The molecule has 2 aromatic carbocycles. The number of aromatic nitrogens is 2. The van der Waals surface area contributed by atoms with Crippen LogP contribution in [-0.2, 0) is 6.54 Å². The summed E-state index contributed by atoms with van der Waals surface area (Å²) < 4.78 is 12.9. The number of nitrogens with one attached hydrogen (secondary N) is 2. The number of amides is 1. The van der Waals surface area contributed by atoms with Gasteiger partial charge in [0, 0.05) is 12.2 Å². The van der Waals surface area contributed by atoms with Gasteiger partial charge in [0.1, 0.15) is 11.6 Å². The molecule has 0 saturated carbocycles. The number of carbonyl (C=O) groups is 1. The average Bonchev–Trinajstić information content (AvgIpc) is 2.63. The largest absolute Gasteiger partial charge is 0.365 e. The number of benzene rings is 2. The lowest BCUT2D eigenvalue weighted by Crippen LogP contribution is -2.14. The van der Waals surface area contributed by atoms with E-state index in [9.17, 15) is 9.18 Å². The van der Waals surface area contributed by atoms with Crippen molar-refractivity contribution >= 4 is 17.4 Å². The van der Waals surface area contributed by atoms with Crippen LogP contribution < -0.4 is 10.6 Å². The summed E-state index contributed by atoms with van der Waals surface area (Å²) in [5, 5.41) is 13.8. The van der Waals surface area contributed by atoms with Gasteiger partial charge in [0.25, 0.3) is 5.91 Å². The molecule has 3 rings (SSSR count). The molecule has 1 amide bonds. The summed E-state index contributed by atoms with van der Waals surface area (Å²) in [5.74, 6) is -0.0508. The van der Waals surface area contributed by atoms with Crippen LogP contribution in [0.1, 0.15) is 21.6 Å². The number of rotatable bonds is 5. The van der Waals surface area contributed by atoms with Gasteiger partial charge in [-0.25, -0.2) is 4.39 Å². The number of anilines is 2. The normalized spacial score (nSPS) is 10.3. The maximum Gasteiger partial charge on any atom is 0.276 e. The molecule has 126 valence electrons. The average molecular weight is 336 g/mol. The van der Waals surface area contributed by atoms with Gasteiger partial charge in [0.2, 0.25) is 0 Å². The SMILES string of the molecule is Cc1ccc(NC(=O)c2ccc(NCc3ccc(F)cc3)nn2)cc1. The molecule has 0 aliphatic heterocycles. The molecule has 0 radical (unpaired) electrons. The van der Waals surface area contributed by atoms with Crippen molar-refractivity contribution in [3.05, 3.63) is 83.3 Å². The van der Waals surface area contributed by atoms with E-state index in [0.29, 0.717) is 18.1 Å². The van der Waals surface area contributed by atoms with E-state index < -0.39 is 0 Å². The van der Waals surface area contributed by atoms with Gasteiger partial charge in [-0.3, -0.25) is 4.79 Å². The molecule has 0 aliphatic carbocycles. The van der Waals surface area contributed by atoms with Crippen LogP contribution >= 0.6 is 0 Å². The van der Waals surface area contributed by atoms with Crippen LogP contribution in [-0.4, -0.2) is 16.1 Å². The van der Waals surface area contributed by atoms with Crippen LogP contribution in [0.3, 0.4) is 0 Å². The molecule has 3 aromatic rings. The third-order valence-electron chi connectivity index (χ3n) is 3.59. The predicted octanol–water partition coefficient (Wildman–Crippen LogP) is 3.79. The molecule has 0 aliphatic rings. The maximum absolute atomic E-state index is 12.9. The summed E-state index contributed by atoms with van der Waals surface area (Å²) in [7, 11) is 0.